The first-order valence-corrected chi connectivity index (χ1v) is 5.08. The molecule has 1 unspecified atom stereocenters. The summed E-state index contributed by atoms with van der Waals surface area (Å²) in [5.41, 5.74) is -1.70. The first kappa shape index (κ1) is 12.7. The average Bonchev–Trinajstić information content (AvgIpc) is 1.81. The third-order valence-corrected chi connectivity index (χ3v) is 2.73. The Balaban J connectivity index is 4.45. The summed E-state index contributed by atoms with van der Waals surface area (Å²) in [4.78, 5) is 17.1. The van der Waals surface area contributed by atoms with Crippen LogP contribution in [0.2, 0.25) is 0 Å². The van der Waals surface area contributed by atoms with Gasteiger partial charge in [0.1, 0.15) is 0 Å². The fraction of sp³-hybridized carbons (Fsp3) is 0.667. The summed E-state index contributed by atoms with van der Waals surface area (Å²) in [6.45, 7) is 3.13. The summed E-state index contributed by atoms with van der Waals surface area (Å²) >= 11 is 0. The van der Waals surface area contributed by atoms with E-state index in [1.807, 2.05) is 0 Å². The maximum atomic E-state index is 11.8. The summed E-state index contributed by atoms with van der Waals surface area (Å²) in [6.07, 6.45) is -5.32. The highest BCUT2D eigenvalue weighted by Gasteiger charge is 2.39. The molecule has 0 amide bonds. The highest BCUT2D eigenvalue weighted by molar-refractivity contribution is 7.52. The van der Waals surface area contributed by atoms with Gasteiger partial charge in [0, 0.05) is 0 Å². The van der Waals surface area contributed by atoms with Crippen LogP contribution in [-0.2, 0) is 4.57 Å². The Hall–Kier alpha value is -0.320. The summed E-state index contributed by atoms with van der Waals surface area (Å²) in [5, 5.41) is 0. The standard InChI is InChI=1S/C6H10F3O3P/c1-2-3-5(13(10,11)12)4-6(7,8)9/h2,5H,1,3-4H2,(H2,10,11,12). The van der Waals surface area contributed by atoms with Crippen molar-refractivity contribution in [2.75, 3.05) is 0 Å². The van der Waals surface area contributed by atoms with Crippen LogP contribution in [0.5, 0.6) is 0 Å². The molecule has 0 radical (unpaired) electrons. The molecule has 7 heteroatoms. The van der Waals surface area contributed by atoms with Crippen LogP contribution in [0, 0.1) is 0 Å². The number of rotatable bonds is 4. The Morgan fingerprint density at radius 1 is 1.46 bits per heavy atom. The molecule has 1 atom stereocenters. The van der Waals surface area contributed by atoms with Gasteiger partial charge in [0.15, 0.2) is 0 Å². The van der Waals surface area contributed by atoms with Crippen LogP contribution in [0.3, 0.4) is 0 Å². The lowest BCUT2D eigenvalue weighted by atomic mass is 10.2. The van der Waals surface area contributed by atoms with E-state index in [-0.39, 0.29) is 6.42 Å². The molecule has 0 aromatic rings. The van der Waals surface area contributed by atoms with Crippen molar-refractivity contribution in [1.29, 1.82) is 0 Å². The van der Waals surface area contributed by atoms with Gasteiger partial charge >= 0.3 is 13.8 Å². The van der Waals surface area contributed by atoms with Crippen LogP contribution in [0.25, 0.3) is 0 Å². The molecule has 0 heterocycles. The predicted molar refractivity (Wildman–Crippen MR) is 41.3 cm³/mol. The van der Waals surface area contributed by atoms with Crippen molar-refractivity contribution in [2.24, 2.45) is 0 Å². The van der Waals surface area contributed by atoms with Crippen molar-refractivity contribution in [3.63, 3.8) is 0 Å². The molecule has 0 spiro atoms. The van der Waals surface area contributed by atoms with Gasteiger partial charge in [-0.1, -0.05) is 6.08 Å². The van der Waals surface area contributed by atoms with Crippen LogP contribution >= 0.6 is 7.60 Å². The summed E-state index contributed by atoms with van der Waals surface area (Å²) in [6, 6.07) is 0. The first-order chi connectivity index (χ1) is 5.67. The summed E-state index contributed by atoms with van der Waals surface area (Å²) < 4.78 is 45.9. The molecule has 0 saturated carbocycles. The highest BCUT2D eigenvalue weighted by atomic mass is 31.2. The lowest BCUT2D eigenvalue weighted by Gasteiger charge is -2.17. The number of hydrogen-bond donors (Lipinski definition) is 2. The number of allylic oxidation sites excluding steroid dienone is 1. The highest BCUT2D eigenvalue weighted by Crippen LogP contribution is 2.47. The van der Waals surface area contributed by atoms with Gasteiger partial charge in [-0.3, -0.25) is 4.57 Å². The molecule has 13 heavy (non-hydrogen) atoms. The third-order valence-electron chi connectivity index (χ3n) is 1.38. The molecule has 0 bridgehead atoms. The van der Waals surface area contributed by atoms with Gasteiger partial charge in [0.05, 0.1) is 12.1 Å². The van der Waals surface area contributed by atoms with Gasteiger partial charge in [-0.25, -0.2) is 0 Å². The quantitative estimate of drug-likeness (QED) is 0.560. The Labute approximate surface area is 73.4 Å². The van der Waals surface area contributed by atoms with Crippen molar-refractivity contribution in [2.45, 2.75) is 24.7 Å². The van der Waals surface area contributed by atoms with Gasteiger partial charge in [-0.15, -0.1) is 6.58 Å². The zero-order valence-corrected chi connectivity index (χ0v) is 7.55. The molecule has 0 fully saturated rings. The van der Waals surface area contributed by atoms with E-state index in [9.17, 15) is 17.7 Å². The monoisotopic (exact) mass is 218 g/mol. The minimum Gasteiger partial charge on any atom is -0.324 e. The zero-order valence-electron chi connectivity index (χ0n) is 6.66. The van der Waals surface area contributed by atoms with Crippen molar-refractivity contribution in [3.05, 3.63) is 12.7 Å². The van der Waals surface area contributed by atoms with E-state index in [1.165, 1.54) is 0 Å². The number of hydrogen-bond acceptors (Lipinski definition) is 1. The zero-order chi connectivity index (χ0) is 10.7. The minimum atomic E-state index is -4.68. The second-order valence-corrected chi connectivity index (χ2v) is 4.50. The van der Waals surface area contributed by atoms with Crippen molar-refractivity contribution in [3.8, 4) is 0 Å². The Kier molecular flexibility index (Phi) is 4.16. The minimum absolute atomic E-state index is 0.343. The fourth-order valence-electron chi connectivity index (χ4n) is 0.799. The van der Waals surface area contributed by atoms with Gasteiger partial charge in [0.25, 0.3) is 0 Å². The Morgan fingerprint density at radius 3 is 2.15 bits per heavy atom. The van der Waals surface area contributed by atoms with Crippen molar-refractivity contribution < 1.29 is 27.5 Å². The van der Waals surface area contributed by atoms with Crippen LogP contribution < -0.4 is 0 Å². The van der Waals surface area contributed by atoms with Gasteiger partial charge in [0.2, 0.25) is 0 Å². The van der Waals surface area contributed by atoms with Gasteiger partial charge in [-0.05, 0) is 6.42 Å². The van der Waals surface area contributed by atoms with E-state index < -0.39 is 25.9 Å². The lowest BCUT2D eigenvalue weighted by molar-refractivity contribution is -0.135. The van der Waals surface area contributed by atoms with E-state index in [0.29, 0.717) is 0 Å². The maximum Gasteiger partial charge on any atom is 0.390 e. The first-order valence-electron chi connectivity index (χ1n) is 3.39. The lowest BCUT2D eigenvalue weighted by Crippen LogP contribution is -2.19. The maximum absolute atomic E-state index is 11.8. The third kappa shape index (κ3) is 5.85. The van der Waals surface area contributed by atoms with E-state index >= 15 is 0 Å². The normalized spacial score (nSPS) is 15.5. The predicted octanol–water partition coefficient (Wildman–Crippen LogP) is 2.06. The fourth-order valence-corrected chi connectivity index (χ4v) is 1.67. The molecule has 0 aliphatic carbocycles. The van der Waals surface area contributed by atoms with Crippen LogP contribution in [0.15, 0.2) is 12.7 Å². The van der Waals surface area contributed by atoms with Crippen LogP contribution in [0.4, 0.5) is 13.2 Å². The van der Waals surface area contributed by atoms with Crippen molar-refractivity contribution >= 4 is 7.60 Å². The molecule has 0 saturated heterocycles. The van der Waals surface area contributed by atoms with E-state index in [4.69, 9.17) is 9.79 Å². The molecular weight excluding hydrogens is 208 g/mol. The SMILES string of the molecule is C=CCC(CC(F)(F)F)P(=O)(O)O. The molecule has 0 aliphatic heterocycles. The Morgan fingerprint density at radius 2 is 1.92 bits per heavy atom. The second kappa shape index (κ2) is 4.26. The Bertz CT molecular complexity index is 220. The van der Waals surface area contributed by atoms with Crippen LogP contribution in [0.1, 0.15) is 12.8 Å². The number of alkyl halides is 3. The molecular formula is C6H10F3O3P. The molecule has 0 aliphatic rings. The molecule has 0 rings (SSSR count). The topological polar surface area (TPSA) is 57.5 Å². The van der Waals surface area contributed by atoms with Gasteiger partial charge < -0.3 is 9.79 Å². The van der Waals surface area contributed by atoms with Gasteiger partial charge in [-0.2, -0.15) is 13.2 Å². The largest absolute Gasteiger partial charge is 0.390 e. The average molecular weight is 218 g/mol. The van der Waals surface area contributed by atoms with Crippen molar-refractivity contribution in [1.82, 2.24) is 0 Å². The molecule has 0 aromatic carbocycles. The summed E-state index contributed by atoms with van der Waals surface area (Å²) in [5.74, 6) is 0. The molecule has 0 aromatic heterocycles. The molecule has 2 N–H and O–H groups in total. The second-order valence-electron chi connectivity index (χ2n) is 2.59. The molecule has 3 nitrogen and oxygen atoms in total. The van der Waals surface area contributed by atoms with Crippen LogP contribution in [-0.4, -0.2) is 21.6 Å². The van der Waals surface area contributed by atoms with E-state index in [1.54, 1.807) is 0 Å². The van der Waals surface area contributed by atoms with E-state index in [0.717, 1.165) is 6.08 Å². The smallest absolute Gasteiger partial charge is 0.324 e. The summed E-state index contributed by atoms with van der Waals surface area (Å²) in [7, 11) is -4.68. The number of halogens is 3. The molecule has 78 valence electrons. The van der Waals surface area contributed by atoms with E-state index in [2.05, 4.69) is 6.58 Å².